The van der Waals surface area contributed by atoms with Gasteiger partial charge in [-0.3, -0.25) is 0 Å². The largest absolute Gasteiger partial charge is 0.506 e. The molecule has 0 spiro atoms. The number of hydrogen-bond acceptors (Lipinski definition) is 5. The summed E-state index contributed by atoms with van der Waals surface area (Å²) >= 11 is 4.65. The molecule has 0 unspecified atom stereocenters. The average Bonchev–Trinajstić information content (AvgIpc) is 2.93. The first kappa shape index (κ1) is 18.5. The van der Waals surface area contributed by atoms with Crippen LogP contribution in [0, 0.1) is 0 Å². The van der Waals surface area contributed by atoms with Crippen LogP contribution in [0.2, 0.25) is 0 Å². The summed E-state index contributed by atoms with van der Waals surface area (Å²) in [5.74, 6) is -0.683. The molecular weight excluding hydrogens is 414 g/mol. The second kappa shape index (κ2) is 8.38. The molecule has 1 heterocycles. The van der Waals surface area contributed by atoms with Gasteiger partial charge >= 0.3 is 5.97 Å². The van der Waals surface area contributed by atoms with Crippen molar-refractivity contribution in [2.45, 2.75) is 6.92 Å². The van der Waals surface area contributed by atoms with Crippen LogP contribution in [-0.2, 0) is 9.53 Å². The number of aliphatic hydroxyl groups is 1. The first-order valence-corrected chi connectivity index (χ1v) is 9.59. The highest BCUT2D eigenvalue weighted by atomic mass is 79.9. The van der Waals surface area contributed by atoms with Gasteiger partial charge in [0.2, 0.25) is 0 Å². The standard InChI is InChI=1S/C20H16BrNO3S/c1-2-25-20(24)17-18(23)16(12-13-8-10-14(21)11-9-13)26-19(17)22-15-6-4-3-5-7-15/h3-12,23H,2H2,1H3/b16-12-,22-19?. The average molecular weight is 430 g/mol. The van der Waals surface area contributed by atoms with Gasteiger partial charge in [-0.2, -0.15) is 0 Å². The summed E-state index contributed by atoms with van der Waals surface area (Å²) in [5, 5.41) is 11.0. The Labute approximate surface area is 164 Å². The maximum atomic E-state index is 12.3. The fraction of sp³-hybridized carbons (Fsp3) is 0.100. The summed E-state index contributed by atoms with van der Waals surface area (Å²) in [6.07, 6.45) is 1.82. The lowest BCUT2D eigenvalue weighted by Gasteiger charge is -2.03. The van der Waals surface area contributed by atoms with E-state index in [1.54, 1.807) is 6.92 Å². The fourth-order valence-electron chi connectivity index (χ4n) is 2.32. The van der Waals surface area contributed by atoms with E-state index in [1.165, 1.54) is 11.8 Å². The normalized spacial score (nSPS) is 17.2. The van der Waals surface area contributed by atoms with E-state index in [0.29, 0.717) is 15.6 Å². The van der Waals surface area contributed by atoms with Gasteiger partial charge in [0.1, 0.15) is 16.4 Å². The van der Waals surface area contributed by atoms with Crippen molar-refractivity contribution in [3.05, 3.63) is 80.9 Å². The number of carbonyl (C=O) groups is 1. The number of thioether (sulfide) groups is 1. The lowest BCUT2D eigenvalue weighted by atomic mass is 10.1. The number of ether oxygens (including phenoxy) is 1. The van der Waals surface area contributed by atoms with E-state index in [-0.39, 0.29) is 17.9 Å². The van der Waals surface area contributed by atoms with Crippen LogP contribution in [0.25, 0.3) is 6.08 Å². The minimum absolute atomic E-state index is 0.101. The second-order valence-corrected chi connectivity index (χ2v) is 7.31. The van der Waals surface area contributed by atoms with E-state index in [1.807, 2.05) is 60.7 Å². The molecule has 0 amide bonds. The van der Waals surface area contributed by atoms with Crippen molar-refractivity contribution >= 4 is 50.5 Å². The van der Waals surface area contributed by atoms with Gasteiger partial charge in [0, 0.05) is 4.47 Å². The molecule has 1 aliphatic heterocycles. The van der Waals surface area contributed by atoms with Crippen LogP contribution in [0.4, 0.5) is 5.69 Å². The van der Waals surface area contributed by atoms with Gasteiger partial charge in [-0.25, -0.2) is 9.79 Å². The molecule has 0 radical (unpaired) electrons. The molecule has 0 aliphatic carbocycles. The van der Waals surface area contributed by atoms with Gasteiger partial charge in [-0.05, 0) is 42.8 Å². The van der Waals surface area contributed by atoms with Crippen molar-refractivity contribution < 1.29 is 14.6 Å². The van der Waals surface area contributed by atoms with Crippen molar-refractivity contribution in [3.8, 4) is 0 Å². The van der Waals surface area contributed by atoms with Gasteiger partial charge in [0.15, 0.2) is 0 Å². The zero-order valence-electron chi connectivity index (χ0n) is 14.0. The van der Waals surface area contributed by atoms with Crippen LogP contribution in [0.5, 0.6) is 0 Å². The molecule has 2 aromatic carbocycles. The Balaban J connectivity index is 2.02. The molecule has 6 heteroatoms. The van der Waals surface area contributed by atoms with Crippen LogP contribution < -0.4 is 0 Å². The van der Waals surface area contributed by atoms with Crippen LogP contribution in [0.15, 0.2) is 80.3 Å². The number of esters is 1. The van der Waals surface area contributed by atoms with Gasteiger partial charge in [-0.1, -0.05) is 58.0 Å². The molecule has 0 atom stereocenters. The van der Waals surface area contributed by atoms with Gasteiger partial charge < -0.3 is 9.84 Å². The molecule has 0 aromatic heterocycles. The van der Waals surface area contributed by atoms with E-state index in [4.69, 9.17) is 4.74 Å². The third-order valence-corrected chi connectivity index (χ3v) is 5.07. The number of hydrogen-bond donors (Lipinski definition) is 1. The number of rotatable bonds is 4. The van der Waals surface area contributed by atoms with Crippen LogP contribution in [0.1, 0.15) is 12.5 Å². The Kier molecular flexibility index (Phi) is 5.96. The number of aliphatic hydroxyl groups excluding tert-OH is 1. The molecule has 3 rings (SSSR count). The van der Waals surface area contributed by atoms with Crippen molar-refractivity contribution in [2.75, 3.05) is 6.61 Å². The molecule has 0 saturated heterocycles. The highest BCUT2D eigenvalue weighted by Gasteiger charge is 2.33. The summed E-state index contributed by atoms with van der Waals surface area (Å²) in [7, 11) is 0. The number of benzene rings is 2. The van der Waals surface area contributed by atoms with Gasteiger partial charge in [-0.15, -0.1) is 0 Å². The molecule has 0 fully saturated rings. The summed E-state index contributed by atoms with van der Waals surface area (Å²) in [4.78, 5) is 17.4. The van der Waals surface area contributed by atoms with Crippen LogP contribution >= 0.6 is 27.7 Å². The Morgan fingerprint density at radius 2 is 1.88 bits per heavy atom. The zero-order valence-corrected chi connectivity index (χ0v) is 16.4. The SMILES string of the molecule is CCOC(=O)C1=C(O)/C(=C/c2ccc(Br)cc2)SC1=Nc1ccccc1. The molecule has 1 N–H and O–H groups in total. The summed E-state index contributed by atoms with van der Waals surface area (Å²) < 4.78 is 6.06. The molecular formula is C20H16BrNO3S. The highest BCUT2D eigenvalue weighted by molar-refractivity contribution is 9.10. The Morgan fingerprint density at radius 3 is 2.54 bits per heavy atom. The Hall–Kier alpha value is -2.31. The predicted molar refractivity (Wildman–Crippen MR) is 110 cm³/mol. The minimum Gasteiger partial charge on any atom is -0.506 e. The maximum Gasteiger partial charge on any atom is 0.344 e. The lowest BCUT2D eigenvalue weighted by molar-refractivity contribution is -0.138. The molecule has 1 aliphatic rings. The molecule has 0 bridgehead atoms. The van der Waals surface area contributed by atoms with E-state index >= 15 is 0 Å². The Morgan fingerprint density at radius 1 is 1.19 bits per heavy atom. The van der Waals surface area contributed by atoms with E-state index in [0.717, 1.165) is 10.0 Å². The fourth-order valence-corrected chi connectivity index (χ4v) is 3.62. The molecule has 2 aromatic rings. The summed E-state index contributed by atoms with van der Waals surface area (Å²) in [6.45, 7) is 1.95. The maximum absolute atomic E-state index is 12.3. The highest BCUT2D eigenvalue weighted by Crippen LogP contribution is 2.40. The number of halogens is 1. The number of nitrogens with zero attached hydrogens (tertiary/aromatic N) is 1. The van der Waals surface area contributed by atoms with E-state index in [9.17, 15) is 9.90 Å². The van der Waals surface area contributed by atoms with Crippen LogP contribution in [0.3, 0.4) is 0 Å². The lowest BCUT2D eigenvalue weighted by Crippen LogP contribution is -2.12. The van der Waals surface area contributed by atoms with Crippen molar-refractivity contribution in [1.29, 1.82) is 0 Å². The van der Waals surface area contributed by atoms with Crippen LogP contribution in [-0.4, -0.2) is 22.7 Å². The Bertz CT molecular complexity index is 902. The topological polar surface area (TPSA) is 58.9 Å². The third kappa shape index (κ3) is 4.26. The molecule has 132 valence electrons. The minimum atomic E-state index is -0.577. The first-order chi connectivity index (χ1) is 12.6. The van der Waals surface area contributed by atoms with Crippen molar-refractivity contribution in [1.82, 2.24) is 0 Å². The monoisotopic (exact) mass is 429 g/mol. The summed E-state index contributed by atoms with van der Waals surface area (Å²) in [5.41, 5.74) is 1.71. The zero-order chi connectivity index (χ0) is 18.5. The smallest absolute Gasteiger partial charge is 0.344 e. The van der Waals surface area contributed by atoms with Gasteiger partial charge in [0.25, 0.3) is 0 Å². The number of carbonyl (C=O) groups excluding carboxylic acids is 1. The quantitative estimate of drug-likeness (QED) is 0.638. The molecule has 26 heavy (non-hydrogen) atoms. The summed E-state index contributed by atoms with van der Waals surface area (Å²) in [6, 6.07) is 17.0. The molecule has 0 saturated carbocycles. The van der Waals surface area contributed by atoms with E-state index < -0.39 is 5.97 Å². The van der Waals surface area contributed by atoms with Crippen molar-refractivity contribution in [3.63, 3.8) is 0 Å². The van der Waals surface area contributed by atoms with Crippen molar-refractivity contribution in [2.24, 2.45) is 4.99 Å². The van der Waals surface area contributed by atoms with Gasteiger partial charge in [0.05, 0.1) is 17.2 Å². The number of para-hydroxylation sites is 1. The third-order valence-electron chi connectivity index (χ3n) is 3.52. The second-order valence-electron chi connectivity index (χ2n) is 5.36. The first-order valence-electron chi connectivity index (χ1n) is 7.98. The van der Waals surface area contributed by atoms with E-state index in [2.05, 4.69) is 20.9 Å². The molecule has 4 nitrogen and oxygen atoms in total. The number of aliphatic imine (C=N–C) groups is 1. The predicted octanol–water partition coefficient (Wildman–Crippen LogP) is 5.64.